The van der Waals surface area contributed by atoms with E-state index in [0.717, 1.165) is 30.2 Å². The van der Waals surface area contributed by atoms with Crippen LogP contribution in [-0.2, 0) is 6.54 Å². The summed E-state index contributed by atoms with van der Waals surface area (Å²) in [6, 6.07) is 13.3. The number of carbonyl (C=O) groups is 1. The molecular formula is C19H24N4O2. The number of nitrogens with zero attached hydrogens (tertiary/aromatic N) is 2. The number of anilines is 1. The fourth-order valence-corrected chi connectivity index (χ4v) is 2.78. The molecule has 1 aliphatic rings. The minimum absolute atomic E-state index is 0.198. The molecule has 6 nitrogen and oxygen atoms in total. The molecule has 0 spiro atoms. The van der Waals surface area contributed by atoms with Crippen molar-refractivity contribution >= 4 is 11.8 Å². The van der Waals surface area contributed by atoms with Crippen LogP contribution >= 0.6 is 0 Å². The lowest BCUT2D eigenvalue weighted by Gasteiger charge is -2.17. The molecule has 6 heteroatoms. The van der Waals surface area contributed by atoms with Gasteiger partial charge in [-0.3, -0.25) is 0 Å². The lowest BCUT2D eigenvalue weighted by Crippen LogP contribution is -2.37. The normalized spacial score (nSPS) is 13.5. The number of benzene rings is 1. The number of hydrogen-bond donors (Lipinski definition) is 2. The summed E-state index contributed by atoms with van der Waals surface area (Å²) in [6.07, 6.45) is 4.24. The van der Waals surface area contributed by atoms with E-state index in [0.29, 0.717) is 19.7 Å². The van der Waals surface area contributed by atoms with E-state index in [1.54, 1.807) is 6.20 Å². The Morgan fingerprint density at radius 1 is 1.12 bits per heavy atom. The van der Waals surface area contributed by atoms with Gasteiger partial charge in [-0.25, -0.2) is 9.78 Å². The molecule has 1 aliphatic heterocycles. The molecule has 1 fully saturated rings. The molecule has 3 rings (SSSR count). The zero-order chi connectivity index (χ0) is 17.3. The van der Waals surface area contributed by atoms with E-state index < -0.39 is 0 Å². The van der Waals surface area contributed by atoms with E-state index in [1.165, 1.54) is 12.8 Å². The maximum absolute atomic E-state index is 11.9. The van der Waals surface area contributed by atoms with E-state index in [-0.39, 0.29) is 6.03 Å². The monoisotopic (exact) mass is 340 g/mol. The van der Waals surface area contributed by atoms with Crippen molar-refractivity contribution < 1.29 is 9.53 Å². The molecule has 0 saturated carbocycles. The molecule has 2 heterocycles. The van der Waals surface area contributed by atoms with E-state index >= 15 is 0 Å². The molecule has 0 radical (unpaired) electrons. The predicted molar refractivity (Wildman–Crippen MR) is 97.9 cm³/mol. The number of rotatable bonds is 7. The highest BCUT2D eigenvalue weighted by Gasteiger charge is 2.13. The molecule has 2 aromatic rings. The number of ether oxygens (including phenoxy) is 1. The van der Waals surface area contributed by atoms with Crippen molar-refractivity contribution in [3.8, 4) is 5.75 Å². The molecule has 0 atom stereocenters. The fourth-order valence-electron chi connectivity index (χ4n) is 2.78. The highest BCUT2D eigenvalue weighted by Crippen LogP contribution is 2.18. The first-order valence-electron chi connectivity index (χ1n) is 8.71. The summed E-state index contributed by atoms with van der Waals surface area (Å²) < 4.78 is 5.54. The van der Waals surface area contributed by atoms with E-state index in [2.05, 4.69) is 20.5 Å². The maximum Gasteiger partial charge on any atom is 0.315 e. The van der Waals surface area contributed by atoms with Crippen molar-refractivity contribution in [3.05, 3.63) is 54.2 Å². The van der Waals surface area contributed by atoms with Crippen LogP contribution in [0.25, 0.3) is 0 Å². The average Bonchev–Trinajstić information content (AvgIpc) is 3.19. The second kappa shape index (κ2) is 8.92. The summed E-state index contributed by atoms with van der Waals surface area (Å²) in [5.74, 6) is 1.80. The smallest absolute Gasteiger partial charge is 0.315 e. The molecule has 25 heavy (non-hydrogen) atoms. The van der Waals surface area contributed by atoms with Crippen molar-refractivity contribution in [3.63, 3.8) is 0 Å². The van der Waals surface area contributed by atoms with Crippen LogP contribution in [-0.4, -0.2) is 37.3 Å². The molecule has 0 unspecified atom stereocenters. The first kappa shape index (κ1) is 17.1. The number of pyridine rings is 1. The van der Waals surface area contributed by atoms with Crippen LogP contribution in [0.4, 0.5) is 10.6 Å². The number of aromatic nitrogens is 1. The Kier molecular flexibility index (Phi) is 6.09. The van der Waals surface area contributed by atoms with Crippen molar-refractivity contribution in [1.29, 1.82) is 0 Å². The second-order valence-electron chi connectivity index (χ2n) is 5.99. The van der Waals surface area contributed by atoms with Crippen LogP contribution in [0, 0.1) is 0 Å². The predicted octanol–water partition coefficient (Wildman–Crippen LogP) is 2.56. The number of urea groups is 1. The van der Waals surface area contributed by atoms with Crippen LogP contribution in [0.3, 0.4) is 0 Å². The standard InChI is InChI=1S/C19H24N4O2/c24-19(21-10-13-25-17-6-2-1-3-7-17)22-15-16-8-9-20-18(14-16)23-11-4-5-12-23/h1-3,6-9,14H,4-5,10-13,15H2,(H2,21,22,24). The van der Waals surface area contributed by atoms with Gasteiger partial charge in [0.25, 0.3) is 0 Å². The maximum atomic E-state index is 11.9. The van der Waals surface area contributed by atoms with Gasteiger partial charge >= 0.3 is 6.03 Å². The molecule has 1 aromatic carbocycles. The van der Waals surface area contributed by atoms with Crippen molar-refractivity contribution in [1.82, 2.24) is 15.6 Å². The van der Waals surface area contributed by atoms with Crippen LogP contribution in [0.5, 0.6) is 5.75 Å². The summed E-state index contributed by atoms with van der Waals surface area (Å²) in [7, 11) is 0. The van der Waals surface area contributed by atoms with Gasteiger partial charge in [-0.05, 0) is 42.7 Å². The quantitative estimate of drug-likeness (QED) is 0.760. The molecule has 132 valence electrons. The minimum Gasteiger partial charge on any atom is -0.492 e. The fraction of sp³-hybridized carbons (Fsp3) is 0.368. The van der Waals surface area contributed by atoms with Gasteiger partial charge in [-0.15, -0.1) is 0 Å². The van der Waals surface area contributed by atoms with Crippen LogP contribution < -0.4 is 20.3 Å². The van der Waals surface area contributed by atoms with Gasteiger partial charge in [0.2, 0.25) is 0 Å². The number of amides is 2. The molecule has 1 aromatic heterocycles. The molecule has 0 bridgehead atoms. The van der Waals surface area contributed by atoms with Crippen molar-refractivity contribution in [2.24, 2.45) is 0 Å². The SMILES string of the molecule is O=C(NCCOc1ccccc1)NCc1ccnc(N2CCCC2)c1. The van der Waals surface area contributed by atoms with Crippen molar-refractivity contribution in [2.75, 3.05) is 31.1 Å². The Morgan fingerprint density at radius 3 is 2.72 bits per heavy atom. The van der Waals surface area contributed by atoms with E-state index in [1.807, 2.05) is 42.5 Å². The molecule has 0 aliphatic carbocycles. The van der Waals surface area contributed by atoms with Gasteiger partial charge in [0.1, 0.15) is 18.2 Å². The summed E-state index contributed by atoms with van der Waals surface area (Å²) in [4.78, 5) is 18.6. The lowest BCUT2D eigenvalue weighted by atomic mass is 10.2. The number of nitrogens with one attached hydrogen (secondary N) is 2. The first-order chi connectivity index (χ1) is 12.3. The highest BCUT2D eigenvalue weighted by molar-refractivity contribution is 5.73. The number of hydrogen-bond acceptors (Lipinski definition) is 4. The van der Waals surface area contributed by atoms with Gasteiger partial charge < -0.3 is 20.3 Å². The van der Waals surface area contributed by atoms with Gasteiger partial charge in [-0.2, -0.15) is 0 Å². The highest BCUT2D eigenvalue weighted by atomic mass is 16.5. The Balaban J connectivity index is 1.36. The van der Waals surface area contributed by atoms with E-state index in [4.69, 9.17) is 4.74 Å². The summed E-state index contributed by atoms with van der Waals surface area (Å²) in [5, 5.41) is 5.66. The van der Waals surface area contributed by atoms with Gasteiger partial charge in [0, 0.05) is 25.8 Å². The average molecular weight is 340 g/mol. The first-order valence-corrected chi connectivity index (χ1v) is 8.71. The van der Waals surface area contributed by atoms with Gasteiger partial charge in [0.15, 0.2) is 0 Å². The van der Waals surface area contributed by atoms with Crippen LogP contribution in [0.15, 0.2) is 48.7 Å². The summed E-state index contributed by atoms with van der Waals surface area (Å²) >= 11 is 0. The summed E-state index contributed by atoms with van der Waals surface area (Å²) in [6.45, 7) is 3.49. The number of carbonyl (C=O) groups excluding carboxylic acids is 1. The van der Waals surface area contributed by atoms with Crippen molar-refractivity contribution in [2.45, 2.75) is 19.4 Å². The Hall–Kier alpha value is -2.76. The van der Waals surface area contributed by atoms with Crippen LogP contribution in [0.2, 0.25) is 0 Å². The summed E-state index contributed by atoms with van der Waals surface area (Å²) in [5.41, 5.74) is 1.05. The topological polar surface area (TPSA) is 66.5 Å². The van der Waals surface area contributed by atoms with Gasteiger partial charge in [0.05, 0.1) is 6.54 Å². The third-order valence-electron chi connectivity index (χ3n) is 4.09. The Bertz CT molecular complexity index is 672. The zero-order valence-corrected chi connectivity index (χ0v) is 14.3. The molecule has 1 saturated heterocycles. The lowest BCUT2D eigenvalue weighted by molar-refractivity contribution is 0.236. The molecule has 2 amide bonds. The Morgan fingerprint density at radius 2 is 1.92 bits per heavy atom. The van der Waals surface area contributed by atoms with E-state index in [9.17, 15) is 4.79 Å². The third kappa shape index (κ3) is 5.38. The van der Waals surface area contributed by atoms with Gasteiger partial charge in [-0.1, -0.05) is 18.2 Å². The molecular weight excluding hydrogens is 316 g/mol. The van der Waals surface area contributed by atoms with Crippen LogP contribution in [0.1, 0.15) is 18.4 Å². The third-order valence-corrected chi connectivity index (χ3v) is 4.09. The minimum atomic E-state index is -0.198. The zero-order valence-electron chi connectivity index (χ0n) is 14.3. The molecule has 2 N–H and O–H groups in total. The Labute approximate surface area is 148 Å². The number of para-hydroxylation sites is 1. The largest absolute Gasteiger partial charge is 0.492 e. The second-order valence-corrected chi connectivity index (χ2v) is 5.99.